The van der Waals surface area contributed by atoms with Crippen LogP contribution in [0.25, 0.3) is 10.6 Å². The van der Waals surface area contributed by atoms with Gasteiger partial charge in [0.25, 0.3) is 0 Å². The first-order valence-corrected chi connectivity index (χ1v) is 7.99. The first-order valence-electron chi connectivity index (χ1n) is 7.11. The van der Waals surface area contributed by atoms with Crippen LogP contribution in [0.15, 0.2) is 29.6 Å². The smallest absolute Gasteiger partial charge is 0.123 e. The van der Waals surface area contributed by atoms with Crippen molar-refractivity contribution < 1.29 is 0 Å². The highest BCUT2D eigenvalue weighted by Crippen LogP contribution is 2.35. The van der Waals surface area contributed by atoms with Gasteiger partial charge in [-0.05, 0) is 18.4 Å². The summed E-state index contributed by atoms with van der Waals surface area (Å²) in [4.78, 5) is 4.85. The maximum absolute atomic E-state index is 5.63. The molecule has 1 aromatic carbocycles. The van der Waals surface area contributed by atoms with Gasteiger partial charge in [0.05, 0.1) is 5.69 Å². The molecular formula is C16H20N2S. The van der Waals surface area contributed by atoms with E-state index >= 15 is 0 Å². The molecule has 0 amide bonds. The van der Waals surface area contributed by atoms with Crippen molar-refractivity contribution in [3.63, 3.8) is 0 Å². The number of thiazole rings is 1. The van der Waals surface area contributed by atoms with Crippen LogP contribution >= 0.6 is 11.3 Å². The number of hydrogen-bond donors (Lipinski definition) is 1. The van der Waals surface area contributed by atoms with Gasteiger partial charge in [-0.25, -0.2) is 4.98 Å². The fraction of sp³-hybridized carbons (Fsp3) is 0.438. The Hall–Kier alpha value is -1.19. The summed E-state index contributed by atoms with van der Waals surface area (Å²) in [5.41, 5.74) is 9.32. The number of rotatable bonds is 3. The maximum Gasteiger partial charge on any atom is 0.123 e. The molecule has 100 valence electrons. The Balaban J connectivity index is 1.79. The lowest BCUT2D eigenvalue weighted by Gasteiger charge is -2.19. The molecule has 19 heavy (non-hydrogen) atoms. The van der Waals surface area contributed by atoms with Crippen LogP contribution in [0.1, 0.15) is 49.3 Å². The average molecular weight is 272 g/mol. The van der Waals surface area contributed by atoms with Crippen LogP contribution in [0.3, 0.4) is 0 Å². The summed E-state index contributed by atoms with van der Waals surface area (Å²) < 4.78 is 0. The second kappa shape index (κ2) is 5.85. The van der Waals surface area contributed by atoms with Gasteiger partial charge in [-0.1, -0.05) is 43.5 Å². The van der Waals surface area contributed by atoms with Crippen molar-refractivity contribution in [1.82, 2.24) is 4.98 Å². The van der Waals surface area contributed by atoms with Gasteiger partial charge in [-0.2, -0.15) is 0 Å². The zero-order valence-electron chi connectivity index (χ0n) is 11.1. The summed E-state index contributed by atoms with van der Waals surface area (Å²) in [6.07, 6.45) is 6.75. The zero-order valence-corrected chi connectivity index (χ0v) is 12.0. The van der Waals surface area contributed by atoms with Gasteiger partial charge in [0, 0.05) is 23.4 Å². The van der Waals surface area contributed by atoms with Crippen LogP contribution in [-0.4, -0.2) is 4.98 Å². The van der Waals surface area contributed by atoms with Gasteiger partial charge in [-0.15, -0.1) is 11.3 Å². The summed E-state index contributed by atoms with van der Waals surface area (Å²) in [5, 5.41) is 3.39. The van der Waals surface area contributed by atoms with E-state index in [9.17, 15) is 0 Å². The minimum atomic E-state index is 0.603. The van der Waals surface area contributed by atoms with Crippen molar-refractivity contribution in [2.45, 2.75) is 44.6 Å². The van der Waals surface area contributed by atoms with E-state index in [1.165, 1.54) is 48.9 Å². The summed E-state index contributed by atoms with van der Waals surface area (Å²) in [5.74, 6) is 0.696. The summed E-state index contributed by atoms with van der Waals surface area (Å²) in [6, 6.07) is 8.45. The highest BCUT2D eigenvalue weighted by atomic mass is 32.1. The number of nitrogens with zero attached hydrogens (tertiary/aromatic N) is 1. The molecule has 1 aromatic heterocycles. The first kappa shape index (κ1) is 12.8. The van der Waals surface area contributed by atoms with Gasteiger partial charge in [0.2, 0.25) is 0 Å². The quantitative estimate of drug-likeness (QED) is 0.904. The molecule has 2 aromatic rings. The lowest BCUT2D eigenvalue weighted by atomic mass is 9.87. The second-order valence-corrected chi connectivity index (χ2v) is 6.17. The van der Waals surface area contributed by atoms with Crippen LogP contribution in [0.2, 0.25) is 0 Å². The third kappa shape index (κ3) is 2.88. The molecule has 0 atom stereocenters. The Kier molecular flexibility index (Phi) is 3.95. The van der Waals surface area contributed by atoms with E-state index in [1.54, 1.807) is 11.3 Å². The first-order chi connectivity index (χ1) is 9.36. The lowest BCUT2D eigenvalue weighted by molar-refractivity contribution is 0.438. The highest BCUT2D eigenvalue weighted by molar-refractivity contribution is 7.13. The Morgan fingerprint density at radius 3 is 2.53 bits per heavy atom. The van der Waals surface area contributed by atoms with Crippen molar-refractivity contribution in [2.75, 3.05) is 0 Å². The summed E-state index contributed by atoms with van der Waals surface area (Å²) in [6.45, 7) is 0.603. The van der Waals surface area contributed by atoms with E-state index < -0.39 is 0 Å². The van der Waals surface area contributed by atoms with Crippen LogP contribution in [-0.2, 0) is 6.54 Å². The highest BCUT2D eigenvalue weighted by Gasteiger charge is 2.18. The van der Waals surface area contributed by atoms with E-state index in [1.807, 2.05) is 0 Å². The fourth-order valence-electron chi connectivity index (χ4n) is 2.79. The van der Waals surface area contributed by atoms with Crippen LogP contribution < -0.4 is 5.73 Å². The van der Waals surface area contributed by atoms with Gasteiger partial charge >= 0.3 is 0 Å². The molecule has 1 aliphatic carbocycles. The fourth-order valence-corrected chi connectivity index (χ4v) is 3.70. The zero-order chi connectivity index (χ0) is 13.1. The second-order valence-electron chi connectivity index (χ2n) is 5.31. The van der Waals surface area contributed by atoms with Gasteiger partial charge < -0.3 is 5.73 Å². The Morgan fingerprint density at radius 1 is 1.11 bits per heavy atom. The Labute approximate surface area is 118 Å². The van der Waals surface area contributed by atoms with Crippen molar-refractivity contribution in [3.05, 3.63) is 40.9 Å². The number of benzene rings is 1. The molecule has 0 bridgehead atoms. The van der Waals surface area contributed by atoms with E-state index in [2.05, 4.69) is 29.6 Å². The molecule has 1 saturated carbocycles. The molecule has 1 heterocycles. The lowest BCUT2D eigenvalue weighted by Crippen LogP contribution is -2.04. The topological polar surface area (TPSA) is 38.9 Å². The van der Waals surface area contributed by atoms with E-state index in [4.69, 9.17) is 10.7 Å². The molecule has 2 nitrogen and oxygen atoms in total. The minimum Gasteiger partial charge on any atom is -0.326 e. The SMILES string of the molecule is NCc1ccc(-c2nc(C3CCCCC3)cs2)cc1. The minimum absolute atomic E-state index is 0.603. The normalized spacial score (nSPS) is 16.7. The Bertz CT molecular complexity index is 524. The largest absolute Gasteiger partial charge is 0.326 e. The molecule has 2 N–H and O–H groups in total. The molecule has 1 aliphatic rings. The maximum atomic E-state index is 5.63. The van der Waals surface area contributed by atoms with Crippen LogP contribution in [0.4, 0.5) is 0 Å². The predicted molar refractivity (Wildman–Crippen MR) is 81.3 cm³/mol. The Morgan fingerprint density at radius 2 is 1.84 bits per heavy atom. The van der Waals surface area contributed by atoms with E-state index in [0.717, 1.165) is 5.01 Å². The summed E-state index contributed by atoms with van der Waals surface area (Å²) in [7, 11) is 0. The molecule has 0 radical (unpaired) electrons. The molecular weight excluding hydrogens is 252 g/mol. The van der Waals surface area contributed by atoms with Gasteiger partial charge in [-0.3, -0.25) is 0 Å². The summed E-state index contributed by atoms with van der Waals surface area (Å²) >= 11 is 1.77. The monoisotopic (exact) mass is 272 g/mol. The molecule has 0 spiro atoms. The predicted octanol–water partition coefficient (Wildman–Crippen LogP) is 4.32. The molecule has 0 unspecified atom stereocenters. The van der Waals surface area contributed by atoms with Crippen LogP contribution in [0.5, 0.6) is 0 Å². The van der Waals surface area contributed by atoms with Crippen molar-refractivity contribution in [2.24, 2.45) is 5.73 Å². The number of nitrogens with two attached hydrogens (primary N) is 1. The standard InChI is InChI=1S/C16H20N2S/c17-10-12-6-8-14(9-7-12)16-18-15(11-19-16)13-4-2-1-3-5-13/h6-9,11,13H,1-5,10,17H2. The third-order valence-corrected chi connectivity index (χ3v) is 4.89. The van der Waals surface area contributed by atoms with Gasteiger partial charge in [0.15, 0.2) is 0 Å². The van der Waals surface area contributed by atoms with Crippen molar-refractivity contribution >= 4 is 11.3 Å². The average Bonchev–Trinajstić information content (AvgIpc) is 2.98. The third-order valence-electron chi connectivity index (χ3n) is 3.98. The van der Waals surface area contributed by atoms with Crippen molar-refractivity contribution in [3.8, 4) is 10.6 Å². The van der Waals surface area contributed by atoms with Gasteiger partial charge in [0.1, 0.15) is 5.01 Å². The number of aromatic nitrogens is 1. The molecule has 0 saturated heterocycles. The van der Waals surface area contributed by atoms with E-state index in [-0.39, 0.29) is 0 Å². The molecule has 1 fully saturated rings. The van der Waals surface area contributed by atoms with Crippen molar-refractivity contribution in [1.29, 1.82) is 0 Å². The van der Waals surface area contributed by atoms with Crippen LogP contribution in [0, 0.1) is 0 Å². The number of hydrogen-bond acceptors (Lipinski definition) is 3. The van der Waals surface area contributed by atoms with E-state index in [0.29, 0.717) is 12.5 Å². The molecule has 3 rings (SSSR count). The molecule has 3 heteroatoms. The molecule has 0 aliphatic heterocycles.